The minimum absolute atomic E-state index is 0.0354. The fourth-order valence-electron chi connectivity index (χ4n) is 1.52. The van der Waals surface area contributed by atoms with Gasteiger partial charge >= 0.3 is 5.97 Å². The van der Waals surface area contributed by atoms with Crippen LogP contribution in [-0.4, -0.2) is 18.2 Å². The second kappa shape index (κ2) is 5.63. The summed E-state index contributed by atoms with van der Waals surface area (Å²) in [5, 5.41) is 9.56. The number of aromatic hydroxyl groups is 1. The van der Waals surface area contributed by atoms with E-state index in [1.54, 1.807) is 24.3 Å². The van der Waals surface area contributed by atoms with E-state index in [0.717, 1.165) is 0 Å². The zero-order chi connectivity index (χ0) is 13.8. The molecule has 19 heavy (non-hydrogen) atoms. The summed E-state index contributed by atoms with van der Waals surface area (Å²) < 4.78 is 10.2. The first-order chi connectivity index (χ1) is 9.13. The van der Waals surface area contributed by atoms with Crippen molar-refractivity contribution >= 4 is 17.6 Å². The smallest absolute Gasteiger partial charge is 0.341 e. The van der Waals surface area contributed by atoms with Gasteiger partial charge in [-0.3, -0.25) is 0 Å². The summed E-state index contributed by atoms with van der Waals surface area (Å²) in [4.78, 5) is 11.6. The maximum atomic E-state index is 11.6. The second-order valence-corrected chi connectivity index (χ2v) is 4.06. The zero-order valence-corrected chi connectivity index (χ0v) is 10.8. The number of halogens is 1. The van der Waals surface area contributed by atoms with Crippen LogP contribution in [0.25, 0.3) is 0 Å². The van der Waals surface area contributed by atoms with E-state index in [4.69, 9.17) is 16.3 Å². The highest BCUT2D eigenvalue weighted by Crippen LogP contribution is 2.39. The Morgan fingerprint density at radius 3 is 2.47 bits per heavy atom. The van der Waals surface area contributed by atoms with E-state index < -0.39 is 5.97 Å². The molecule has 0 aliphatic carbocycles. The van der Waals surface area contributed by atoms with E-state index in [2.05, 4.69) is 4.74 Å². The largest absolute Gasteiger partial charge is 0.506 e. The average Bonchev–Trinajstić information content (AvgIpc) is 2.44. The minimum Gasteiger partial charge on any atom is -0.506 e. The van der Waals surface area contributed by atoms with Crippen molar-refractivity contribution in [3.8, 4) is 17.2 Å². The summed E-state index contributed by atoms with van der Waals surface area (Å²) in [7, 11) is 1.26. The first-order valence-corrected chi connectivity index (χ1v) is 5.84. The molecule has 0 radical (unpaired) electrons. The Labute approximate surface area is 115 Å². The van der Waals surface area contributed by atoms with Crippen molar-refractivity contribution in [3.63, 3.8) is 0 Å². The van der Waals surface area contributed by atoms with Crippen LogP contribution >= 0.6 is 11.6 Å². The molecule has 4 nitrogen and oxygen atoms in total. The summed E-state index contributed by atoms with van der Waals surface area (Å²) >= 11 is 5.97. The Bertz CT molecular complexity index is 596. The molecule has 0 heterocycles. The maximum Gasteiger partial charge on any atom is 0.341 e. The standard InChI is InChI=1S/C14H11ClO4/c1-18-14(17)10-7-8-11(16)12(15)13(10)19-9-5-3-2-4-6-9/h2-8,16H,1H3. The molecule has 0 atom stereocenters. The Kier molecular flexibility index (Phi) is 3.92. The Morgan fingerprint density at radius 2 is 1.84 bits per heavy atom. The van der Waals surface area contributed by atoms with Gasteiger partial charge in [0.25, 0.3) is 0 Å². The van der Waals surface area contributed by atoms with Crippen molar-refractivity contribution in [3.05, 3.63) is 53.1 Å². The predicted molar refractivity (Wildman–Crippen MR) is 71.0 cm³/mol. The van der Waals surface area contributed by atoms with E-state index in [-0.39, 0.29) is 22.1 Å². The molecule has 98 valence electrons. The molecule has 0 aliphatic heterocycles. The van der Waals surface area contributed by atoms with Gasteiger partial charge in [-0.2, -0.15) is 0 Å². The fourth-order valence-corrected chi connectivity index (χ4v) is 1.73. The molecule has 2 aromatic rings. The molecule has 5 heteroatoms. The third-order valence-electron chi connectivity index (χ3n) is 2.45. The number of para-hydroxylation sites is 1. The molecule has 2 aromatic carbocycles. The SMILES string of the molecule is COC(=O)c1ccc(O)c(Cl)c1Oc1ccccc1. The maximum absolute atomic E-state index is 11.6. The third kappa shape index (κ3) is 2.80. The molecule has 0 saturated heterocycles. The number of benzene rings is 2. The van der Waals surface area contributed by atoms with Crippen molar-refractivity contribution < 1.29 is 19.4 Å². The molecule has 0 spiro atoms. The monoisotopic (exact) mass is 278 g/mol. The van der Waals surface area contributed by atoms with Gasteiger partial charge in [0.1, 0.15) is 22.1 Å². The number of phenolic OH excluding ortho intramolecular Hbond substituents is 1. The molecule has 1 N–H and O–H groups in total. The molecular formula is C14H11ClO4. The van der Waals surface area contributed by atoms with Gasteiger partial charge in [0.05, 0.1) is 7.11 Å². The fraction of sp³-hybridized carbons (Fsp3) is 0.0714. The lowest BCUT2D eigenvalue weighted by Gasteiger charge is -2.12. The van der Waals surface area contributed by atoms with Crippen LogP contribution in [0.15, 0.2) is 42.5 Å². The Morgan fingerprint density at radius 1 is 1.16 bits per heavy atom. The number of hydrogen-bond acceptors (Lipinski definition) is 4. The molecule has 0 aromatic heterocycles. The van der Waals surface area contributed by atoms with E-state index >= 15 is 0 Å². The molecule has 0 amide bonds. The van der Waals surface area contributed by atoms with Crippen LogP contribution in [0.3, 0.4) is 0 Å². The average molecular weight is 279 g/mol. The first-order valence-electron chi connectivity index (χ1n) is 5.46. The normalized spacial score (nSPS) is 10.0. The van der Waals surface area contributed by atoms with Crippen molar-refractivity contribution in [1.82, 2.24) is 0 Å². The van der Waals surface area contributed by atoms with Crippen LogP contribution in [0, 0.1) is 0 Å². The van der Waals surface area contributed by atoms with Gasteiger partial charge < -0.3 is 14.6 Å². The molecule has 0 fully saturated rings. The summed E-state index contributed by atoms with van der Waals surface area (Å²) in [5.74, 6) is -0.187. The number of ether oxygens (including phenoxy) is 2. The lowest BCUT2D eigenvalue weighted by molar-refractivity contribution is 0.0598. The van der Waals surface area contributed by atoms with E-state index in [0.29, 0.717) is 5.75 Å². The molecular weight excluding hydrogens is 268 g/mol. The Balaban J connectivity index is 2.48. The quantitative estimate of drug-likeness (QED) is 0.871. The van der Waals surface area contributed by atoms with Crippen LogP contribution in [0.1, 0.15) is 10.4 Å². The van der Waals surface area contributed by atoms with Crippen LogP contribution in [0.4, 0.5) is 0 Å². The first kappa shape index (κ1) is 13.2. The Hall–Kier alpha value is -2.20. The number of carbonyl (C=O) groups is 1. The number of esters is 1. The van der Waals surface area contributed by atoms with Gasteiger partial charge in [-0.25, -0.2) is 4.79 Å². The van der Waals surface area contributed by atoms with Gasteiger partial charge in [0.2, 0.25) is 0 Å². The second-order valence-electron chi connectivity index (χ2n) is 3.68. The highest BCUT2D eigenvalue weighted by atomic mass is 35.5. The van der Waals surface area contributed by atoms with Gasteiger partial charge in [-0.05, 0) is 24.3 Å². The van der Waals surface area contributed by atoms with Crippen molar-refractivity contribution in [2.75, 3.05) is 7.11 Å². The van der Waals surface area contributed by atoms with Crippen LogP contribution < -0.4 is 4.74 Å². The van der Waals surface area contributed by atoms with Crippen LogP contribution in [0.5, 0.6) is 17.2 Å². The van der Waals surface area contributed by atoms with Crippen molar-refractivity contribution in [2.45, 2.75) is 0 Å². The summed E-state index contributed by atoms with van der Waals surface area (Å²) in [6.07, 6.45) is 0. The summed E-state index contributed by atoms with van der Waals surface area (Å²) in [5.41, 5.74) is 0.147. The van der Waals surface area contributed by atoms with Crippen LogP contribution in [-0.2, 0) is 4.74 Å². The predicted octanol–water partition coefficient (Wildman–Crippen LogP) is 3.62. The van der Waals surface area contributed by atoms with Gasteiger partial charge in [0, 0.05) is 0 Å². The van der Waals surface area contributed by atoms with E-state index in [1.165, 1.54) is 19.2 Å². The van der Waals surface area contributed by atoms with Gasteiger partial charge in [-0.15, -0.1) is 0 Å². The lowest BCUT2D eigenvalue weighted by atomic mass is 10.2. The number of rotatable bonds is 3. The molecule has 0 bridgehead atoms. The van der Waals surface area contributed by atoms with Crippen molar-refractivity contribution in [1.29, 1.82) is 0 Å². The topological polar surface area (TPSA) is 55.8 Å². The minimum atomic E-state index is -0.590. The molecule has 0 saturated carbocycles. The van der Waals surface area contributed by atoms with E-state index in [1.807, 2.05) is 6.07 Å². The molecule has 0 unspecified atom stereocenters. The summed E-state index contributed by atoms with van der Waals surface area (Å²) in [6.45, 7) is 0. The van der Waals surface area contributed by atoms with Gasteiger partial charge in [0.15, 0.2) is 5.75 Å². The highest BCUT2D eigenvalue weighted by Gasteiger charge is 2.19. The molecule has 0 aliphatic rings. The highest BCUT2D eigenvalue weighted by molar-refractivity contribution is 6.34. The number of methoxy groups -OCH3 is 1. The molecule has 2 rings (SSSR count). The van der Waals surface area contributed by atoms with Gasteiger partial charge in [-0.1, -0.05) is 29.8 Å². The summed E-state index contributed by atoms with van der Waals surface area (Å²) in [6, 6.07) is 11.5. The lowest BCUT2D eigenvalue weighted by Crippen LogP contribution is -2.04. The number of phenols is 1. The number of carbonyl (C=O) groups excluding carboxylic acids is 1. The van der Waals surface area contributed by atoms with Crippen molar-refractivity contribution in [2.24, 2.45) is 0 Å². The number of hydrogen-bond donors (Lipinski definition) is 1. The van der Waals surface area contributed by atoms with Crippen LogP contribution in [0.2, 0.25) is 5.02 Å². The van der Waals surface area contributed by atoms with E-state index in [9.17, 15) is 9.90 Å². The zero-order valence-electron chi connectivity index (χ0n) is 10.1. The third-order valence-corrected chi connectivity index (χ3v) is 2.81.